The van der Waals surface area contributed by atoms with E-state index in [1.54, 1.807) is 6.07 Å². The Labute approximate surface area is 241 Å². The first-order valence-electron chi connectivity index (χ1n) is 13.6. The number of aromatic carboxylic acids is 1. The summed E-state index contributed by atoms with van der Waals surface area (Å²) in [5.74, 6) is -3.01. The Bertz CT molecular complexity index is 1710. The fourth-order valence-corrected chi connectivity index (χ4v) is 5.35. The monoisotopic (exact) mass is 603 g/mol. The maximum atomic E-state index is 14.1. The highest BCUT2D eigenvalue weighted by atomic mass is 19.4. The molecule has 226 valence electrons. The van der Waals surface area contributed by atoms with Gasteiger partial charge in [0.15, 0.2) is 11.3 Å². The third-order valence-electron chi connectivity index (χ3n) is 7.81. The van der Waals surface area contributed by atoms with Crippen molar-refractivity contribution in [1.82, 2.24) is 24.4 Å². The van der Waals surface area contributed by atoms with E-state index >= 15 is 0 Å². The lowest BCUT2D eigenvalue weighted by Gasteiger charge is -2.35. The number of rotatable bonds is 8. The summed E-state index contributed by atoms with van der Waals surface area (Å²) in [5.41, 5.74) is 0.418. The van der Waals surface area contributed by atoms with Crippen molar-refractivity contribution in [3.05, 3.63) is 81.9 Å². The van der Waals surface area contributed by atoms with Crippen molar-refractivity contribution in [1.29, 1.82) is 0 Å². The fourth-order valence-electron chi connectivity index (χ4n) is 5.35. The zero-order valence-electron chi connectivity index (χ0n) is 22.9. The second-order valence-electron chi connectivity index (χ2n) is 10.6. The van der Waals surface area contributed by atoms with Crippen molar-refractivity contribution in [2.24, 2.45) is 0 Å². The number of carboxylic acids is 1. The quantitative estimate of drug-likeness (QED) is 0.271. The van der Waals surface area contributed by atoms with Crippen LogP contribution in [0, 0.1) is 11.6 Å². The molecule has 43 heavy (non-hydrogen) atoms. The molecule has 9 nitrogen and oxygen atoms in total. The van der Waals surface area contributed by atoms with Gasteiger partial charge in [0, 0.05) is 24.8 Å². The van der Waals surface area contributed by atoms with Crippen molar-refractivity contribution in [3.63, 3.8) is 0 Å². The minimum atomic E-state index is -4.77. The summed E-state index contributed by atoms with van der Waals surface area (Å²) < 4.78 is 82.2. The molecule has 4 aromatic rings. The molecule has 2 aliphatic rings. The molecule has 1 saturated heterocycles. The van der Waals surface area contributed by atoms with Crippen molar-refractivity contribution < 1.29 is 41.3 Å². The van der Waals surface area contributed by atoms with Gasteiger partial charge < -0.3 is 19.1 Å². The number of imidazole rings is 1. The van der Waals surface area contributed by atoms with E-state index in [-0.39, 0.29) is 30.3 Å². The number of halogens is 5. The van der Waals surface area contributed by atoms with Crippen LogP contribution in [0.15, 0.2) is 36.4 Å². The van der Waals surface area contributed by atoms with E-state index < -0.39 is 47.9 Å². The molecular weight excluding hydrogens is 577 g/mol. The molecule has 1 fully saturated rings. The summed E-state index contributed by atoms with van der Waals surface area (Å²) in [5, 5.41) is 9.44. The zero-order chi connectivity index (χ0) is 30.5. The predicted octanol–water partition coefficient (Wildman–Crippen LogP) is 5.31. The van der Waals surface area contributed by atoms with Gasteiger partial charge in [0.2, 0.25) is 5.88 Å². The smallest absolute Gasteiger partial charge is 0.421 e. The summed E-state index contributed by atoms with van der Waals surface area (Å²) in [6, 6.07) is 6.28. The maximum Gasteiger partial charge on any atom is 0.421 e. The van der Waals surface area contributed by atoms with E-state index in [2.05, 4.69) is 9.97 Å². The Morgan fingerprint density at radius 2 is 1.93 bits per heavy atom. The highest BCUT2D eigenvalue weighted by molar-refractivity contribution is 5.88. The van der Waals surface area contributed by atoms with Gasteiger partial charge in [-0.05, 0) is 55.7 Å². The third kappa shape index (κ3) is 5.76. The van der Waals surface area contributed by atoms with Crippen molar-refractivity contribution in [2.45, 2.75) is 57.8 Å². The molecule has 0 saturated carbocycles. The molecule has 6 rings (SSSR count). The molecule has 14 heteroatoms. The number of benzene rings is 1. The number of carbonyl (C=O) groups is 1. The van der Waals surface area contributed by atoms with Crippen LogP contribution >= 0.6 is 0 Å². The summed E-state index contributed by atoms with van der Waals surface area (Å²) in [7, 11) is 0. The van der Waals surface area contributed by atoms with Crippen LogP contribution in [0.25, 0.3) is 11.2 Å². The zero-order valence-corrected chi connectivity index (χ0v) is 22.9. The highest BCUT2D eigenvalue weighted by Crippen LogP contribution is 2.40. The van der Waals surface area contributed by atoms with Crippen molar-refractivity contribution >= 4 is 17.1 Å². The first-order chi connectivity index (χ1) is 20.5. The highest BCUT2D eigenvalue weighted by Gasteiger charge is 2.38. The van der Waals surface area contributed by atoms with E-state index in [0.29, 0.717) is 54.0 Å². The number of pyridine rings is 2. The van der Waals surface area contributed by atoms with Gasteiger partial charge in [0.25, 0.3) is 0 Å². The Morgan fingerprint density at radius 3 is 2.60 bits per heavy atom. The number of fused-ring (bicyclic) bond motifs is 2. The Balaban J connectivity index is 1.31. The summed E-state index contributed by atoms with van der Waals surface area (Å²) in [6.07, 6.45) is -3.73. The maximum absolute atomic E-state index is 14.1. The van der Waals surface area contributed by atoms with E-state index in [0.717, 1.165) is 24.6 Å². The van der Waals surface area contributed by atoms with Gasteiger partial charge in [-0.2, -0.15) is 13.2 Å². The van der Waals surface area contributed by atoms with E-state index in [1.165, 1.54) is 6.07 Å². The fraction of sp³-hybridized carbons (Fsp3) is 0.379. The first kappa shape index (κ1) is 28.9. The van der Waals surface area contributed by atoms with E-state index in [1.807, 2.05) is 16.4 Å². The summed E-state index contributed by atoms with van der Waals surface area (Å²) >= 11 is 0. The number of hydrogen-bond acceptors (Lipinski definition) is 7. The number of nitrogens with zero attached hydrogens (tertiary/aromatic N) is 5. The second-order valence-corrected chi connectivity index (χ2v) is 10.6. The minimum Gasteiger partial charge on any atom is -0.477 e. The van der Waals surface area contributed by atoms with Gasteiger partial charge in [-0.3, -0.25) is 4.90 Å². The number of hydrogen-bond donors (Lipinski definition) is 1. The van der Waals surface area contributed by atoms with Crippen LogP contribution in [0.2, 0.25) is 0 Å². The molecule has 0 bridgehead atoms. The van der Waals surface area contributed by atoms with Crippen molar-refractivity contribution in [2.75, 3.05) is 13.2 Å². The molecule has 0 spiro atoms. The van der Waals surface area contributed by atoms with Gasteiger partial charge in [0.1, 0.15) is 35.1 Å². The van der Waals surface area contributed by atoms with Crippen LogP contribution in [0.3, 0.4) is 0 Å². The molecule has 0 aliphatic carbocycles. The van der Waals surface area contributed by atoms with Gasteiger partial charge >= 0.3 is 12.1 Å². The molecule has 0 unspecified atom stereocenters. The van der Waals surface area contributed by atoms with Crippen LogP contribution in [0.5, 0.6) is 5.88 Å². The summed E-state index contributed by atoms with van der Waals surface area (Å²) in [4.78, 5) is 26.8. The van der Waals surface area contributed by atoms with Crippen LogP contribution in [-0.2, 0) is 37.0 Å². The summed E-state index contributed by atoms with van der Waals surface area (Å²) in [6.45, 7) is 2.98. The average molecular weight is 604 g/mol. The lowest BCUT2D eigenvalue weighted by Crippen LogP contribution is -2.36. The molecule has 1 aromatic carbocycles. The number of ether oxygens (including phenoxy) is 2. The van der Waals surface area contributed by atoms with Gasteiger partial charge in [-0.25, -0.2) is 28.5 Å². The molecule has 0 radical (unpaired) electrons. The van der Waals surface area contributed by atoms with Gasteiger partial charge in [0.05, 0.1) is 30.9 Å². The van der Waals surface area contributed by atoms with Crippen LogP contribution < -0.4 is 4.74 Å². The van der Waals surface area contributed by atoms with E-state index in [4.69, 9.17) is 14.5 Å². The van der Waals surface area contributed by atoms with Crippen LogP contribution in [0.1, 0.15) is 58.1 Å². The second kappa shape index (κ2) is 11.2. The Kier molecular flexibility index (Phi) is 7.50. The molecule has 3 aromatic heterocycles. The predicted molar refractivity (Wildman–Crippen MR) is 141 cm³/mol. The van der Waals surface area contributed by atoms with Gasteiger partial charge in [-0.1, -0.05) is 0 Å². The minimum absolute atomic E-state index is 0.0703. The lowest BCUT2D eigenvalue weighted by atomic mass is 9.97. The number of aromatic nitrogens is 4. The number of carboxylic acid groups (broad SMARTS) is 1. The van der Waals surface area contributed by atoms with E-state index in [9.17, 15) is 31.9 Å². The SMILES string of the molecule is C[C@H]1c2nc(OCc3ccc(F)cc3F)c(C(F)(F)F)cc2CCN1Cc1nc2ccc(C(=O)O)nc2n1C[C@@H]1CCO1. The Hall–Kier alpha value is -4.17. The molecule has 5 heterocycles. The largest absolute Gasteiger partial charge is 0.477 e. The molecular formula is C29H26F5N5O4. The Morgan fingerprint density at radius 1 is 1.14 bits per heavy atom. The average Bonchev–Trinajstić information content (AvgIpc) is 3.27. The van der Waals surface area contributed by atoms with Crippen LogP contribution in [-0.4, -0.2) is 54.8 Å². The number of alkyl halides is 3. The molecule has 2 aliphatic heterocycles. The first-order valence-corrected chi connectivity index (χ1v) is 13.6. The molecule has 0 amide bonds. The van der Waals surface area contributed by atoms with Crippen molar-refractivity contribution in [3.8, 4) is 5.88 Å². The van der Waals surface area contributed by atoms with Crippen LogP contribution in [0.4, 0.5) is 22.0 Å². The molecule has 2 atom stereocenters. The lowest BCUT2D eigenvalue weighted by molar-refractivity contribution is -0.139. The topological polar surface area (TPSA) is 103 Å². The van der Waals surface area contributed by atoms with Gasteiger partial charge in [-0.15, -0.1) is 0 Å². The third-order valence-corrected chi connectivity index (χ3v) is 7.81. The molecule has 1 N–H and O–H groups in total. The normalized spacial score (nSPS) is 18.8. The standard InChI is InChI=1S/C29H26F5N5O4/c1-15-25-16(10-20(29(32,33)34)27(37-25)43-14-17-2-3-18(30)11-21(17)31)6-8-38(15)13-24-35-22-4-5-23(28(40)41)36-26(22)39(24)12-19-7-9-42-19/h2-5,10-11,15,19H,6-9,12-14H2,1H3,(H,40,41)/t15-,19-/m0/s1.